The van der Waals surface area contributed by atoms with E-state index < -0.39 is 0 Å². The summed E-state index contributed by atoms with van der Waals surface area (Å²) < 4.78 is 0. The van der Waals surface area contributed by atoms with Crippen molar-refractivity contribution in [1.82, 2.24) is 0 Å². The average molecular weight is 775 g/mol. The van der Waals surface area contributed by atoms with Gasteiger partial charge >= 0.3 is 0 Å². The number of hydrogen-bond donors (Lipinski definition) is 0. The summed E-state index contributed by atoms with van der Waals surface area (Å²) >= 11 is 0. The first-order valence-electron chi connectivity index (χ1n) is 21.4. The van der Waals surface area contributed by atoms with Gasteiger partial charge in [0.15, 0.2) is 0 Å². The van der Waals surface area contributed by atoms with Crippen LogP contribution in [-0.4, -0.2) is 0 Å². The second-order valence-corrected chi connectivity index (χ2v) is 17.3. The van der Waals surface area contributed by atoms with Gasteiger partial charge < -0.3 is 0 Å². The lowest BCUT2D eigenvalue weighted by Gasteiger charge is -2.23. The summed E-state index contributed by atoms with van der Waals surface area (Å²) in [7, 11) is 0. The summed E-state index contributed by atoms with van der Waals surface area (Å²) in [5.41, 5.74) is 17.7. The first-order valence-corrected chi connectivity index (χ1v) is 21.4. The van der Waals surface area contributed by atoms with Gasteiger partial charge in [0.2, 0.25) is 0 Å². The molecule has 0 nitrogen and oxygen atoms in total. The van der Waals surface area contributed by atoms with E-state index in [1.807, 2.05) is 0 Å². The molecule has 12 rings (SSSR count). The van der Waals surface area contributed by atoms with Crippen molar-refractivity contribution < 1.29 is 0 Å². The molecule has 0 heterocycles. The van der Waals surface area contributed by atoms with Crippen LogP contribution in [0.15, 0.2) is 218 Å². The molecule has 0 saturated heterocycles. The van der Waals surface area contributed by atoms with E-state index in [-0.39, 0.29) is 5.41 Å². The predicted molar refractivity (Wildman–Crippen MR) is 261 cm³/mol. The topological polar surface area (TPSA) is 0 Å². The van der Waals surface area contributed by atoms with Gasteiger partial charge in [0, 0.05) is 5.41 Å². The average Bonchev–Trinajstić information content (AvgIpc) is 3.55. The molecular formula is C61H42. The zero-order chi connectivity index (χ0) is 40.7. The third-order valence-electron chi connectivity index (χ3n) is 13.4. The Hall–Kier alpha value is -7.54. The molecule has 1 aliphatic carbocycles. The quantitative estimate of drug-likeness (QED) is 0.153. The third kappa shape index (κ3) is 5.75. The van der Waals surface area contributed by atoms with Crippen molar-refractivity contribution in [2.24, 2.45) is 0 Å². The van der Waals surface area contributed by atoms with Crippen LogP contribution in [0.2, 0.25) is 0 Å². The third-order valence-corrected chi connectivity index (χ3v) is 13.4. The Morgan fingerprint density at radius 2 is 0.721 bits per heavy atom. The summed E-state index contributed by atoms with van der Waals surface area (Å²) in [5, 5.41) is 10.1. The van der Waals surface area contributed by atoms with E-state index in [1.54, 1.807) is 0 Å². The van der Waals surface area contributed by atoms with Gasteiger partial charge in [-0.05, 0) is 163 Å². The molecule has 0 saturated carbocycles. The van der Waals surface area contributed by atoms with Crippen LogP contribution in [0.4, 0.5) is 0 Å². The maximum atomic E-state index is 2.45. The molecule has 0 aliphatic heterocycles. The molecule has 0 amide bonds. The standard InChI is InChI=1S/C61H42/c1-61(2)59-37-45(25-30-53(59)54-31-27-47(38-60(54)61)50-23-13-21-39-18-11-12-22-49(39)50)44-24-28-51-48(32-44)36-56(41-16-7-4-8-17-41)58-35-46(26-29-52(51)58)57-34-43-20-10-9-19-42(43)33-55(57)40-14-5-3-6-15-40/h3-38H,1-2H3. The first kappa shape index (κ1) is 35.4. The molecule has 286 valence electrons. The minimum absolute atomic E-state index is 0.141. The van der Waals surface area contributed by atoms with Crippen LogP contribution in [0.25, 0.3) is 110 Å². The molecule has 0 radical (unpaired) electrons. The fourth-order valence-electron chi connectivity index (χ4n) is 10.3. The maximum absolute atomic E-state index is 2.45. The highest BCUT2D eigenvalue weighted by Crippen LogP contribution is 2.51. The van der Waals surface area contributed by atoms with E-state index in [4.69, 9.17) is 0 Å². The van der Waals surface area contributed by atoms with Gasteiger partial charge in [-0.25, -0.2) is 0 Å². The van der Waals surface area contributed by atoms with Crippen molar-refractivity contribution in [2.45, 2.75) is 19.3 Å². The van der Waals surface area contributed by atoms with Crippen LogP contribution in [0.1, 0.15) is 25.0 Å². The monoisotopic (exact) mass is 774 g/mol. The second-order valence-electron chi connectivity index (χ2n) is 17.3. The van der Waals surface area contributed by atoms with Gasteiger partial charge in [0.05, 0.1) is 0 Å². The summed E-state index contributed by atoms with van der Waals surface area (Å²) in [4.78, 5) is 0. The molecule has 11 aromatic carbocycles. The lowest BCUT2D eigenvalue weighted by Crippen LogP contribution is -2.15. The molecule has 0 heteroatoms. The van der Waals surface area contributed by atoms with Crippen LogP contribution in [0, 0.1) is 0 Å². The minimum Gasteiger partial charge on any atom is -0.0622 e. The molecule has 0 aromatic heterocycles. The van der Waals surface area contributed by atoms with Crippen LogP contribution >= 0.6 is 0 Å². The van der Waals surface area contributed by atoms with Crippen LogP contribution < -0.4 is 0 Å². The Morgan fingerprint density at radius 1 is 0.230 bits per heavy atom. The largest absolute Gasteiger partial charge is 0.0622 e. The predicted octanol–water partition coefficient (Wildman–Crippen LogP) is 16.9. The number of fused-ring (bicyclic) bond motifs is 8. The summed E-state index contributed by atoms with van der Waals surface area (Å²) in [6.07, 6.45) is 0. The first-order chi connectivity index (χ1) is 30.0. The second kappa shape index (κ2) is 13.8. The Morgan fingerprint density at radius 3 is 1.44 bits per heavy atom. The van der Waals surface area contributed by atoms with Crippen molar-refractivity contribution in [1.29, 1.82) is 0 Å². The molecule has 0 unspecified atom stereocenters. The van der Waals surface area contributed by atoms with E-state index in [0.717, 1.165) is 0 Å². The van der Waals surface area contributed by atoms with Crippen LogP contribution in [0.3, 0.4) is 0 Å². The lowest BCUT2D eigenvalue weighted by atomic mass is 9.80. The molecule has 0 fully saturated rings. The van der Waals surface area contributed by atoms with E-state index >= 15 is 0 Å². The molecule has 0 N–H and O–H groups in total. The van der Waals surface area contributed by atoms with E-state index in [0.29, 0.717) is 0 Å². The zero-order valence-corrected chi connectivity index (χ0v) is 34.3. The Balaban J connectivity index is 0.976. The zero-order valence-electron chi connectivity index (χ0n) is 34.3. The van der Waals surface area contributed by atoms with Gasteiger partial charge in [-0.2, -0.15) is 0 Å². The van der Waals surface area contributed by atoms with Gasteiger partial charge in [-0.3, -0.25) is 0 Å². The Bertz CT molecular complexity index is 3530. The summed E-state index contributed by atoms with van der Waals surface area (Å²) in [6.45, 7) is 4.78. The molecule has 11 aromatic rings. The van der Waals surface area contributed by atoms with E-state index in [9.17, 15) is 0 Å². The molecule has 61 heavy (non-hydrogen) atoms. The van der Waals surface area contributed by atoms with Crippen molar-refractivity contribution in [2.75, 3.05) is 0 Å². The molecular weight excluding hydrogens is 733 g/mol. The molecule has 0 spiro atoms. The normalized spacial score (nSPS) is 12.9. The van der Waals surface area contributed by atoms with Crippen molar-refractivity contribution in [3.8, 4) is 66.8 Å². The van der Waals surface area contributed by atoms with Crippen molar-refractivity contribution in [3.63, 3.8) is 0 Å². The van der Waals surface area contributed by atoms with Crippen LogP contribution in [-0.2, 0) is 5.41 Å². The van der Waals surface area contributed by atoms with Crippen molar-refractivity contribution >= 4 is 43.1 Å². The van der Waals surface area contributed by atoms with E-state index in [1.165, 1.54) is 121 Å². The van der Waals surface area contributed by atoms with Gasteiger partial charge in [0.25, 0.3) is 0 Å². The highest BCUT2D eigenvalue weighted by atomic mass is 14.4. The minimum atomic E-state index is -0.141. The van der Waals surface area contributed by atoms with Gasteiger partial charge in [0.1, 0.15) is 0 Å². The lowest BCUT2D eigenvalue weighted by molar-refractivity contribution is 0.661. The summed E-state index contributed by atoms with van der Waals surface area (Å²) in [6, 6.07) is 81.3. The highest BCUT2D eigenvalue weighted by Gasteiger charge is 2.36. The molecule has 0 atom stereocenters. The molecule has 1 aliphatic rings. The highest BCUT2D eigenvalue weighted by molar-refractivity contribution is 6.16. The number of hydrogen-bond acceptors (Lipinski definition) is 0. The number of benzene rings is 11. The SMILES string of the molecule is CC1(C)c2cc(-c3ccc4c(c3)cc(-c3ccccc3)c3cc(-c5cc6ccccc6cc5-c5ccccc5)ccc34)ccc2-c2ccc(-c3cccc4ccccc34)cc21. The Kier molecular flexibility index (Phi) is 7.99. The molecule has 0 bridgehead atoms. The maximum Gasteiger partial charge on any atom is 0.0159 e. The van der Waals surface area contributed by atoms with Gasteiger partial charge in [-0.15, -0.1) is 0 Å². The number of rotatable bonds is 5. The Labute approximate surface area is 357 Å². The van der Waals surface area contributed by atoms with Gasteiger partial charge in [-0.1, -0.05) is 190 Å². The fourth-order valence-corrected chi connectivity index (χ4v) is 10.3. The summed E-state index contributed by atoms with van der Waals surface area (Å²) in [5.74, 6) is 0. The van der Waals surface area contributed by atoms with Crippen LogP contribution in [0.5, 0.6) is 0 Å². The fraction of sp³-hybridized carbons (Fsp3) is 0.0492. The smallest absolute Gasteiger partial charge is 0.0159 e. The van der Waals surface area contributed by atoms with Crippen molar-refractivity contribution in [3.05, 3.63) is 230 Å². The van der Waals surface area contributed by atoms with E-state index in [2.05, 4.69) is 232 Å².